The molecular weight excluding hydrogens is 464 g/mol. The molecular formula is C15H21ClHgO3. The maximum Gasteiger partial charge on any atom is 1.00 e. The first-order chi connectivity index (χ1) is 8.86. The fraction of sp³-hybridized carbons (Fsp3) is 0.533. The molecule has 5 heteroatoms. The van der Waals surface area contributed by atoms with Gasteiger partial charge in [0.05, 0.1) is 18.8 Å². The second-order valence-electron chi connectivity index (χ2n) is 4.61. The molecule has 2 atom stereocenters. The molecule has 0 saturated carbocycles. The van der Waals surface area contributed by atoms with Crippen LogP contribution in [0.2, 0.25) is 0 Å². The van der Waals surface area contributed by atoms with Gasteiger partial charge in [-0.25, -0.2) is 0 Å². The molecule has 1 heterocycles. The Morgan fingerprint density at radius 2 is 2.05 bits per heavy atom. The van der Waals surface area contributed by atoms with Gasteiger partial charge in [0.1, 0.15) is 0 Å². The molecule has 0 unspecified atom stereocenters. The van der Waals surface area contributed by atoms with E-state index in [1.165, 1.54) is 5.56 Å². The first kappa shape index (κ1) is 20.3. The van der Waals surface area contributed by atoms with Gasteiger partial charge in [-0.05, 0) is 31.2 Å². The van der Waals surface area contributed by atoms with Crippen LogP contribution in [0.25, 0.3) is 0 Å². The zero-order valence-corrected chi connectivity index (χ0v) is 18.0. The molecule has 20 heavy (non-hydrogen) atoms. The van der Waals surface area contributed by atoms with E-state index in [0.717, 1.165) is 25.9 Å². The summed E-state index contributed by atoms with van der Waals surface area (Å²) in [5, 5.41) is 9.71. The summed E-state index contributed by atoms with van der Waals surface area (Å²) in [6.07, 6.45) is 4.18. The van der Waals surface area contributed by atoms with E-state index in [1.807, 2.05) is 24.6 Å². The summed E-state index contributed by atoms with van der Waals surface area (Å²) in [5.74, 6) is 0. The molecule has 0 amide bonds. The van der Waals surface area contributed by atoms with Crippen LogP contribution in [-0.2, 0) is 43.7 Å². The van der Waals surface area contributed by atoms with E-state index in [-0.39, 0.29) is 52.3 Å². The van der Waals surface area contributed by atoms with Crippen LogP contribution in [0.15, 0.2) is 30.3 Å². The molecule has 2 rings (SSSR count). The third kappa shape index (κ3) is 7.37. The van der Waals surface area contributed by atoms with Gasteiger partial charge in [-0.1, -0.05) is 30.3 Å². The van der Waals surface area contributed by atoms with Crippen molar-refractivity contribution in [1.29, 1.82) is 0 Å². The molecule has 1 fully saturated rings. The predicted molar refractivity (Wildman–Crippen MR) is 70.0 cm³/mol. The van der Waals surface area contributed by atoms with Crippen molar-refractivity contribution in [3.63, 3.8) is 0 Å². The Hall–Kier alpha value is 0.325. The maximum absolute atomic E-state index is 9.71. The van der Waals surface area contributed by atoms with Crippen LogP contribution in [0.1, 0.15) is 24.8 Å². The number of ether oxygens (including phenoxy) is 2. The van der Waals surface area contributed by atoms with Gasteiger partial charge in [-0.2, -0.15) is 0 Å². The van der Waals surface area contributed by atoms with Gasteiger partial charge in [0.15, 0.2) is 0 Å². The maximum atomic E-state index is 9.71. The Balaban J connectivity index is 0.00000180. The summed E-state index contributed by atoms with van der Waals surface area (Å²) in [7, 11) is 0. The van der Waals surface area contributed by atoms with Crippen molar-refractivity contribution >= 4 is 0 Å². The Morgan fingerprint density at radius 3 is 2.75 bits per heavy atom. The second kappa shape index (κ2) is 11.9. The van der Waals surface area contributed by atoms with E-state index in [1.54, 1.807) is 0 Å². The molecule has 1 aromatic rings. The van der Waals surface area contributed by atoms with Crippen LogP contribution in [0, 0.1) is 6.42 Å². The summed E-state index contributed by atoms with van der Waals surface area (Å²) < 4.78 is 11.1. The SMILES string of the molecule is O[C@@H]1CCCO[C@H]1[CH]CCOCc1ccccc1.[Cl-].[Hg+]. The van der Waals surface area contributed by atoms with E-state index >= 15 is 0 Å². The van der Waals surface area contributed by atoms with Gasteiger partial charge in [0, 0.05) is 13.2 Å². The molecule has 1 aliphatic heterocycles. The minimum atomic E-state index is -0.340. The van der Waals surface area contributed by atoms with Crippen molar-refractivity contribution < 1.29 is 54.7 Å². The average molecular weight is 485 g/mol. The predicted octanol–water partition coefficient (Wildman–Crippen LogP) is -0.661. The molecule has 0 spiro atoms. The monoisotopic (exact) mass is 486 g/mol. The summed E-state index contributed by atoms with van der Waals surface area (Å²) in [5.41, 5.74) is 1.19. The third-order valence-corrected chi connectivity index (χ3v) is 3.11. The number of rotatable bonds is 6. The third-order valence-electron chi connectivity index (χ3n) is 3.11. The second-order valence-corrected chi connectivity index (χ2v) is 4.61. The van der Waals surface area contributed by atoms with Crippen molar-refractivity contribution in [2.24, 2.45) is 0 Å². The number of aliphatic hydroxyl groups excluding tert-OH is 1. The van der Waals surface area contributed by atoms with Crippen LogP contribution in [0.4, 0.5) is 0 Å². The fourth-order valence-electron chi connectivity index (χ4n) is 2.09. The summed E-state index contributed by atoms with van der Waals surface area (Å²) in [6, 6.07) is 10.1. The number of hydrogen-bond acceptors (Lipinski definition) is 3. The Labute approximate surface area is 148 Å². The van der Waals surface area contributed by atoms with Crippen LogP contribution in [-0.4, -0.2) is 30.5 Å². The molecule has 2 radical (unpaired) electrons. The van der Waals surface area contributed by atoms with E-state index < -0.39 is 0 Å². The molecule has 1 saturated heterocycles. The van der Waals surface area contributed by atoms with Crippen LogP contribution in [0.3, 0.4) is 0 Å². The molecule has 108 valence electrons. The normalized spacial score (nSPS) is 21.6. The summed E-state index contributed by atoms with van der Waals surface area (Å²) in [6.45, 7) is 2.06. The standard InChI is InChI=1S/C15H21O3.ClH.Hg/c16-14-8-4-11-18-15(14)9-5-10-17-12-13-6-2-1-3-7-13;;/h1-3,6-7,9,14-16H,4-5,8,10-12H2;1H;/q;;+1/p-1/t14-,15+;;/m1../s1. The summed E-state index contributed by atoms with van der Waals surface area (Å²) in [4.78, 5) is 0. The number of benzene rings is 1. The first-order valence-electron chi connectivity index (χ1n) is 6.61. The average Bonchev–Trinajstić information content (AvgIpc) is 2.42. The molecule has 1 aromatic carbocycles. The van der Waals surface area contributed by atoms with Gasteiger partial charge in [0.25, 0.3) is 0 Å². The van der Waals surface area contributed by atoms with Crippen LogP contribution < -0.4 is 12.4 Å². The molecule has 3 nitrogen and oxygen atoms in total. The van der Waals surface area contributed by atoms with Crippen LogP contribution in [0.5, 0.6) is 0 Å². The van der Waals surface area contributed by atoms with E-state index in [2.05, 4.69) is 12.1 Å². The fourth-order valence-corrected chi connectivity index (χ4v) is 2.09. The number of aliphatic hydroxyl groups is 1. The zero-order valence-electron chi connectivity index (χ0n) is 11.7. The van der Waals surface area contributed by atoms with Crippen molar-refractivity contribution in [2.75, 3.05) is 13.2 Å². The molecule has 0 aliphatic carbocycles. The van der Waals surface area contributed by atoms with Crippen molar-refractivity contribution in [3.8, 4) is 0 Å². The topological polar surface area (TPSA) is 38.7 Å². The van der Waals surface area contributed by atoms with E-state index in [4.69, 9.17) is 9.47 Å². The van der Waals surface area contributed by atoms with Gasteiger partial charge in [-0.15, -0.1) is 0 Å². The molecule has 1 aliphatic rings. The van der Waals surface area contributed by atoms with E-state index in [9.17, 15) is 5.11 Å². The minimum Gasteiger partial charge on any atom is -1.00 e. The zero-order chi connectivity index (χ0) is 12.6. The van der Waals surface area contributed by atoms with Crippen molar-refractivity contribution in [3.05, 3.63) is 42.3 Å². The van der Waals surface area contributed by atoms with Crippen LogP contribution >= 0.6 is 0 Å². The minimum absolute atomic E-state index is 0. The smallest absolute Gasteiger partial charge is 1.00 e. The summed E-state index contributed by atoms with van der Waals surface area (Å²) >= 11 is 0. The Morgan fingerprint density at radius 1 is 1.30 bits per heavy atom. The van der Waals surface area contributed by atoms with Gasteiger partial charge in [-0.3, -0.25) is 0 Å². The number of hydrogen-bond donors (Lipinski definition) is 1. The molecule has 0 bridgehead atoms. The Kier molecular flexibility index (Phi) is 12.1. The number of halogens is 1. The van der Waals surface area contributed by atoms with E-state index in [0.29, 0.717) is 13.2 Å². The van der Waals surface area contributed by atoms with Crippen molar-refractivity contribution in [1.82, 2.24) is 0 Å². The first-order valence-corrected chi connectivity index (χ1v) is 6.61. The Bertz CT molecular complexity index is 337. The van der Waals surface area contributed by atoms with Crippen molar-refractivity contribution in [2.45, 2.75) is 38.1 Å². The van der Waals surface area contributed by atoms with Gasteiger partial charge in [0.2, 0.25) is 0 Å². The quantitative estimate of drug-likeness (QED) is 0.430. The molecule has 1 N–H and O–H groups in total. The molecule has 0 aromatic heterocycles. The van der Waals surface area contributed by atoms with Gasteiger partial charge >= 0.3 is 27.7 Å². The largest absolute Gasteiger partial charge is 1.00 e. The van der Waals surface area contributed by atoms with Gasteiger partial charge < -0.3 is 27.0 Å².